The molecule has 0 aliphatic carbocycles. The highest BCUT2D eigenvalue weighted by molar-refractivity contribution is 7.18. The molecule has 0 aliphatic heterocycles. The Kier molecular flexibility index (Phi) is 4.21. The molecule has 0 unspecified atom stereocenters. The van der Waals surface area contributed by atoms with E-state index < -0.39 is 0 Å². The van der Waals surface area contributed by atoms with E-state index in [1.165, 1.54) is 17.7 Å². The van der Waals surface area contributed by atoms with Gasteiger partial charge < -0.3 is 4.42 Å². The molecule has 6 nitrogen and oxygen atoms in total. The van der Waals surface area contributed by atoms with Gasteiger partial charge in [0.15, 0.2) is 0 Å². The zero-order valence-electron chi connectivity index (χ0n) is 13.0. The number of hydrogen-bond acceptors (Lipinski definition) is 6. The van der Waals surface area contributed by atoms with Gasteiger partial charge in [0.1, 0.15) is 16.9 Å². The quantitative estimate of drug-likeness (QED) is 0.583. The number of aryl methyl sites for hydroxylation is 1. The zero-order valence-corrected chi connectivity index (χ0v) is 14.6. The molecule has 25 heavy (non-hydrogen) atoms. The van der Waals surface area contributed by atoms with Gasteiger partial charge in [-0.3, -0.25) is 15.0 Å². The molecule has 4 aromatic heterocycles. The van der Waals surface area contributed by atoms with Crippen molar-refractivity contribution in [2.45, 2.75) is 12.8 Å². The number of nitrogens with one attached hydrogen (secondary N) is 1. The van der Waals surface area contributed by atoms with Gasteiger partial charge in [-0.25, -0.2) is 9.66 Å². The molecule has 4 heterocycles. The Balaban J connectivity index is 1.60. The SMILES string of the molecule is O=C(CCc1ccco1)Nn1cnc2scc(-c3cccs3)c2c1=O. The zero-order chi connectivity index (χ0) is 17.2. The van der Waals surface area contributed by atoms with E-state index in [2.05, 4.69) is 10.4 Å². The van der Waals surface area contributed by atoms with Crippen molar-refractivity contribution in [2.75, 3.05) is 5.43 Å². The summed E-state index contributed by atoms with van der Waals surface area (Å²) in [6.45, 7) is 0. The standard InChI is InChI=1S/C17H13N3O3S2/c21-14(6-5-11-3-1-7-23-11)19-20-10-18-16-15(17(20)22)12(9-25-16)13-4-2-8-24-13/h1-4,7-10H,5-6H2,(H,19,21). The van der Waals surface area contributed by atoms with E-state index in [9.17, 15) is 9.59 Å². The molecule has 0 bridgehead atoms. The van der Waals surface area contributed by atoms with Crippen LogP contribution in [0.3, 0.4) is 0 Å². The average molecular weight is 371 g/mol. The van der Waals surface area contributed by atoms with Gasteiger partial charge in [-0.05, 0) is 23.6 Å². The highest BCUT2D eigenvalue weighted by Gasteiger charge is 2.15. The molecular formula is C17H13N3O3S2. The highest BCUT2D eigenvalue weighted by Crippen LogP contribution is 2.33. The minimum absolute atomic E-state index is 0.222. The second-order valence-electron chi connectivity index (χ2n) is 5.34. The molecule has 0 aliphatic rings. The lowest BCUT2D eigenvalue weighted by atomic mass is 10.2. The van der Waals surface area contributed by atoms with Gasteiger partial charge in [-0.2, -0.15) is 0 Å². The fraction of sp³-hybridized carbons (Fsp3) is 0.118. The fourth-order valence-electron chi connectivity index (χ4n) is 2.51. The molecule has 0 aromatic carbocycles. The van der Waals surface area contributed by atoms with Crippen molar-refractivity contribution in [3.05, 3.63) is 63.7 Å². The van der Waals surface area contributed by atoms with Crippen LogP contribution in [-0.2, 0) is 11.2 Å². The van der Waals surface area contributed by atoms with Crippen molar-refractivity contribution >= 4 is 38.8 Å². The second-order valence-corrected chi connectivity index (χ2v) is 7.15. The third kappa shape index (κ3) is 3.13. The van der Waals surface area contributed by atoms with Gasteiger partial charge in [0, 0.05) is 28.7 Å². The summed E-state index contributed by atoms with van der Waals surface area (Å²) >= 11 is 2.98. The minimum Gasteiger partial charge on any atom is -0.469 e. The van der Waals surface area contributed by atoms with E-state index >= 15 is 0 Å². The maximum absolute atomic E-state index is 12.8. The first-order valence-corrected chi connectivity index (χ1v) is 9.33. The number of nitrogens with zero attached hydrogens (tertiary/aromatic N) is 2. The third-order valence-corrected chi connectivity index (χ3v) is 5.49. The number of furan rings is 1. The van der Waals surface area contributed by atoms with E-state index in [1.807, 2.05) is 29.0 Å². The Morgan fingerprint density at radius 2 is 2.20 bits per heavy atom. The maximum Gasteiger partial charge on any atom is 0.281 e. The molecule has 0 spiro atoms. The van der Waals surface area contributed by atoms with Crippen LogP contribution in [-0.4, -0.2) is 15.6 Å². The van der Waals surface area contributed by atoms with Crippen LogP contribution >= 0.6 is 22.7 Å². The number of fused-ring (bicyclic) bond motifs is 1. The number of aromatic nitrogens is 2. The van der Waals surface area contributed by atoms with Gasteiger partial charge in [0.2, 0.25) is 5.91 Å². The summed E-state index contributed by atoms with van der Waals surface area (Å²) in [5.74, 6) is 0.460. The van der Waals surface area contributed by atoms with E-state index in [1.54, 1.807) is 23.7 Å². The highest BCUT2D eigenvalue weighted by atomic mass is 32.1. The normalized spacial score (nSPS) is 11.0. The lowest BCUT2D eigenvalue weighted by molar-refractivity contribution is -0.117. The number of carbonyl (C=O) groups excluding carboxylic acids is 1. The Morgan fingerprint density at radius 1 is 1.28 bits per heavy atom. The molecule has 1 N–H and O–H groups in total. The van der Waals surface area contributed by atoms with Crippen molar-refractivity contribution in [3.8, 4) is 10.4 Å². The fourth-order valence-corrected chi connectivity index (χ4v) is 4.23. The van der Waals surface area contributed by atoms with Crippen LogP contribution in [0.5, 0.6) is 0 Å². The predicted molar refractivity (Wildman–Crippen MR) is 98.6 cm³/mol. The summed E-state index contributed by atoms with van der Waals surface area (Å²) in [6.07, 6.45) is 3.62. The molecule has 4 rings (SSSR count). The van der Waals surface area contributed by atoms with Crippen LogP contribution < -0.4 is 11.0 Å². The molecule has 0 radical (unpaired) electrons. The molecule has 8 heteroatoms. The minimum atomic E-state index is -0.277. The van der Waals surface area contributed by atoms with E-state index in [4.69, 9.17) is 4.42 Å². The molecule has 0 saturated carbocycles. The summed E-state index contributed by atoms with van der Waals surface area (Å²) < 4.78 is 6.35. The molecule has 1 amide bonds. The van der Waals surface area contributed by atoms with Gasteiger partial charge in [-0.15, -0.1) is 22.7 Å². The van der Waals surface area contributed by atoms with Gasteiger partial charge in [0.05, 0.1) is 11.6 Å². The second kappa shape index (κ2) is 6.66. The van der Waals surface area contributed by atoms with E-state index in [-0.39, 0.29) is 17.9 Å². The van der Waals surface area contributed by atoms with E-state index in [0.29, 0.717) is 16.6 Å². The molecular weight excluding hydrogens is 358 g/mol. The van der Waals surface area contributed by atoms with Crippen molar-refractivity contribution in [2.24, 2.45) is 0 Å². The van der Waals surface area contributed by atoms with E-state index in [0.717, 1.165) is 20.9 Å². The van der Waals surface area contributed by atoms with Crippen LogP contribution in [0.2, 0.25) is 0 Å². The Morgan fingerprint density at radius 3 is 2.96 bits per heavy atom. The summed E-state index contributed by atoms with van der Waals surface area (Å²) in [5.41, 5.74) is 3.17. The smallest absolute Gasteiger partial charge is 0.281 e. The predicted octanol–water partition coefficient (Wildman–Crippen LogP) is 3.48. The van der Waals surface area contributed by atoms with Crippen molar-refractivity contribution in [1.29, 1.82) is 0 Å². The van der Waals surface area contributed by atoms with Crippen LogP contribution in [0.4, 0.5) is 0 Å². The van der Waals surface area contributed by atoms with Crippen molar-refractivity contribution < 1.29 is 9.21 Å². The monoisotopic (exact) mass is 371 g/mol. The summed E-state index contributed by atoms with van der Waals surface area (Å²) in [6, 6.07) is 7.49. The third-order valence-electron chi connectivity index (χ3n) is 3.71. The number of carbonyl (C=O) groups is 1. The van der Waals surface area contributed by atoms with Crippen LogP contribution in [0.25, 0.3) is 20.7 Å². The first-order valence-electron chi connectivity index (χ1n) is 7.57. The molecule has 126 valence electrons. The maximum atomic E-state index is 12.8. The van der Waals surface area contributed by atoms with Crippen LogP contribution in [0.1, 0.15) is 12.2 Å². The van der Waals surface area contributed by atoms with Gasteiger partial charge in [-0.1, -0.05) is 6.07 Å². The summed E-state index contributed by atoms with van der Waals surface area (Å²) in [5, 5.41) is 4.42. The molecule has 0 atom stereocenters. The Bertz CT molecular complexity index is 1060. The topological polar surface area (TPSA) is 77.1 Å². The summed E-state index contributed by atoms with van der Waals surface area (Å²) in [7, 11) is 0. The lowest BCUT2D eigenvalue weighted by Crippen LogP contribution is -2.33. The summed E-state index contributed by atoms with van der Waals surface area (Å²) in [4.78, 5) is 30.8. The number of thiophene rings is 2. The van der Waals surface area contributed by atoms with Crippen molar-refractivity contribution in [1.82, 2.24) is 9.66 Å². The van der Waals surface area contributed by atoms with Crippen LogP contribution in [0.15, 0.2) is 56.8 Å². The van der Waals surface area contributed by atoms with Crippen LogP contribution in [0, 0.1) is 0 Å². The number of hydrogen-bond donors (Lipinski definition) is 1. The number of amides is 1. The molecule has 4 aromatic rings. The Hall–Kier alpha value is -2.71. The average Bonchev–Trinajstić information content (AvgIpc) is 3.36. The lowest BCUT2D eigenvalue weighted by Gasteiger charge is -2.07. The first kappa shape index (κ1) is 15.8. The van der Waals surface area contributed by atoms with Gasteiger partial charge >= 0.3 is 0 Å². The van der Waals surface area contributed by atoms with Gasteiger partial charge in [0.25, 0.3) is 5.56 Å². The molecule has 0 saturated heterocycles. The number of rotatable bonds is 5. The first-order chi connectivity index (χ1) is 12.2. The Labute approximate surface area is 150 Å². The molecule has 0 fully saturated rings. The van der Waals surface area contributed by atoms with Crippen molar-refractivity contribution in [3.63, 3.8) is 0 Å². The largest absolute Gasteiger partial charge is 0.469 e.